The summed E-state index contributed by atoms with van der Waals surface area (Å²) < 4.78 is 0. The molecule has 2 rings (SSSR count). The van der Waals surface area contributed by atoms with Crippen LogP contribution in [0.5, 0.6) is 0 Å². The second-order valence-electron chi connectivity index (χ2n) is 5.98. The maximum absolute atomic E-state index is 12.4. The molecule has 1 aliphatic heterocycles. The van der Waals surface area contributed by atoms with Crippen molar-refractivity contribution in [2.24, 2.45) is 5.92 Å². The van der Waals surface area contributed by atoms with Crippen molar-refractivity contribution >= 4 is 12.0 Å². The predicted octanol–water partition coefficient (Wildman–Crippen LogP) is 2.67. The third-order valence-corrected chi connectivity index (χ3v) is 3.98. The number of carbonyl (C=O) groups excluding carboxylic acids is 1. The van der Waals surface area contributed by atoms with Gasteiger partial charge in [-0.2, -0.15) is 0 Å². The van der Waals surface area contributed by atoms with Gasteiger partial charge in [0.25, 0.3) is 0 Å². The number of hydrogen-bond acceptors (Lipinski definition) is 2. The molecular formula is C16H22N2O3. The van der Waals surface area contributed by atoms with Crippen LogP contribution in [0.25, 0.3) is 0 Å². The molecule has 2 atom stereocenters. The van der Waals surface area contributed by atoms with E-state index >= 15 is 0 Å². The second kappa shape index (κ2) is 6.16. The van der Waals surface area contributed by atoms with E-state index in [1.807, 2.05) is 4.90 Å². The van der Waals surface area contributed by atoms with Crippen LogP contribution in [0, 0.1) is 5.92 Å². The molecule has 1 aromatic carbocycles. The van der Waals surface area contributed by atoms with Gasteiger partial charge in [0.15, 0.2) is 0 Å². The number of hydrogen-bond donors (Lipinski definition) is 1. The zero-order valence-corrected chi connectivity index (χ0v) is 12.7. The number of rotatable bonds is 3. The standard InChI is InChI=1S/C16H22N2O3/c1-11-8-12(2)18(9-11)16(21)17(3)10-13-4-6-14(7-5-13)15(19)20/h4-7,11-12H,8-10H2,1-3H3,(H,19,20). The van der Waals surface area contributed by atoms with Crippen LogP contribution >= 0.6 is 0 Å². The van der Waals surface area contributed by atoms with Crippen LogP contribution in [0.2, 0.25) is 0 Å². The fourth-order valence-electron chi connectivity index (χ4n) is 2.88. The minimum atomic E-state index is -0.939. The summed E-state index contributed by atoms with van der Waals surface area (Å²) in [5.74, 6) is -0.391. The molecule has 114 valence electrons. The Bertz CT molecular complexity index is 527. The van der Waals surface area contributed by atoms with Gasteiger partial charge in [-0.15, -0.1) is 0 Å². The Hall–Kier alpha value is -2.04. The molecule has 1 saturated heterocycles. The van der Waals surface area contributed by atoms with E-state index in [2.05, 4.69) is 13.8 Å². The van der Waals surface area contributed by atoms with E-state index in [-0.39, 0.29) is 17.6 Å². The highest BCUT2D eigenvalue weighted by atomic mass is 16.4. The lowest BCUT2D eigenvalue weighted by Crippen LogP contribution is -2.42. The molecule has 5 nitrogen and oxygen atoms in total. The van der Waals surface area contributed by atoms with Crippen molar-refractivity contribution in [3.8, 4) is 0 Å². The summed E-state index contributed by atoms with van der Waals surface area (Å²) in [5, 5.41) is 8.87. The quantitative estimate of drug-likeness (QED) is 0.931. The van der Waals surface area contributed by atoms with Crippen LogP contribution in [0.1, 0.15) is 36.2 Å². The van der Waals surface area contributed by atoms with Gasteiger partial charge in [-0.1, -0.05) is 19.1 Å². The number of likely N-dealkylation sites (tertiary alicyclic amines) is 1. The SMILES string of the molecule is CC1CC(C)N(C(=O)N(C)Cc2ccc(C(=O)O)cc2)C1. The third kappa shape index (κ3) is 3.54. The molecule has 2 amide bonds. The van der Waals surface area contributed by atoms with Crippen LogP contribution in [-0.4, -0.2) is 46.5 Å². The van der Waals surface area contributed by atoms with Gasteiger partial charge in [0, 0.05) is 26.2 Å². The highest BCUT2D eigenvalue weighted by molar-refractivity contribution is 5.87. The van der Waals surface area contributed by atoms with Gasteiger partial charge in [-0.3, -0.25) is 0 Å². The van der Waals surface area contributed by atoms with E-state index in [4.69, 9.17) is 5.11 Å². The van der Waals surface area contributed by atoms with Gasteiger partial charge in [-0.05, 0) is 37.0 Å². The van der Waals surface area contributed by atoms with E-state index < -0.39 is 5.97 Å². The van der Waals surface area contributed by atoms with Gasteiger partial charge < -0.3 is 14.9 Å². The van der Waals surface area contributed by atoms with Crippen LogP contribution < -0.4 is 0 Å². The highest BCUT2D eigenvalue weighted by Gasteiger charge is 2.31. The van der Waals surface area contributed by atoms with Gasteiger partial charge >= 0.3 is 12.0 Å². The topological polar surface area (TPSA) is 60.9 Å². The molecule has 0 radical (unpaired) electrons. The minimum absolute atomic E-state index is 0.0363. The zero-order chi connectivity index (χ0) is 15.6. The maximum Gasteiger partial charge on any atom is 0.335 e. The van der Waals surface area contributed by atoms with Crippen LogP contribution in [0.3, 0.4) is 0 Å². The number of aromatic carboxylic acids is 1. The molecule has 1 N–H and O–H groups in total. The summed E-state index contributed by atoms with van der Waals surface area (Å²) in [6.45, 7) is 5.53. The Balaban J connectivity index is 1.99. The zero-order valence-electron chi connectivity index (χ0n) is 12.7. The smallest absolute Gasteiger partial charge is 0.335 e. The molecule has 2 unspecified atom stereocenters. The number of carboxylic acid groups (broad SMARTS) is 1. The monoisotopic (exact) mass is 290 g/mol. The van der Waals surface area contributed by atoms with Gasteiger partial charge in [0.2, 0.25) is 0 Å². The fourth-order valence-corrected chi connectivity index (χ4v) is 2.88. The van der Waals surface area contributed by atoms with Crippen molar-refractivity contribution in [1.29, 1.82) is 0 Å². The first-order valence-corrected chi connectivity index (χ1v) is 7.22. The van der Waals surface area contributed by atoms with E-state index in [0.29, 0.717) is 12.5 Å². The highest BCUT2D eigenvalue weighted by Crippen LogP contribution is 2.23. The van der Waals surface area contributed by atoms with Crippen molar-refractivity contribution in [2.45, 2.75) is 32.9 Å². The molecule has 21 heavy (non-hydrogen) atoms. The van der Waals surface area contributed by atoms with Gasteiger partial charge in [-0.25, -0.2) is 9.59 Å². The number of amides is 2. The summed E-state index contributed by atoms with van der Waals surface area (Å²) in [5.41, 5.74) is 1.19. The lowest BCUT2D eigenvalue weighted by molar-refractivity contribution is 0.0696. The molecule has 0 aromatic heterocycles. The fraction of sp³-hybridized carbons (Fsp3) is 0.500. The van der Waals surface area contributed by atoms with E-state index in [9.17, 15) is 9.59 Å². The van der Waals surface area contributed by atoms with Gasteiger partial charge in [0.05, 0.1) is 5.56 Å². The number of carbonyl (C=O) groups is 2. The largest absolute Gasteiger partial charge is 0.478 e. The average Bonchev–Trinajstić information content (AvgIpc) is 2.77. The lowest BCUT2D eigenvalue weighted by atomic mass is 10.1. The van der Waals surface area contributed by atoms with Crippen LogP contribution in [-0.2, 0) is 6.54 Å². The molecule has 1 fully saturated rings. The van der Waals surface area contributed by atoms with Crippen LogP contribution in [0.15, 0.2) is 24.3 Å². The summed E-state index contributed by atoms with van der Waals surface area (Å²) in [7, 11) is 1.78. The number of benzene rings is 1. The van der Waals surface area contributed by atoms with E-state index in [1.165, 1.54) is 0 Å². The van der Waals surface area contributed by atoms with Crippen LogP contribution in [0.4, 0.5) is 4.79 Å². The van der Waals surface area contributed by atoms with E-state index in [0.717, 1.165) is 18.5 Å². The Morgan fingerprint density at radius 1 is 1.29 bits per heavy atom. The molecule has 0 bridgehead atoms. The van der Waals surface area contributed by atoms with Crippen molar-refractivity contribution in [1.82, 2.24) is 9.80 Å². The Labute approximate surface area is 125 Å². The first kappa shape index (κ1) is 15.4. The molecule has 1 aliphatic rings. The Morgan fingerprint density at radius 2 is 1.90 bits per heavy atom. The molecule has 0 spiro atoms. The van der Waals surface area contributed by atoms with Gasteiger partial charge in [0.1, 0.15) is 0 Å². The Morgan fingerprint density at radius 3 is 2.38 bits per heavy atom. The molecule has 0 saturated carbocycles. The summed E-state index contributed by atoms with van der Waals surface area (Å²) in [6, 6.07) is 6.96. The maximum atomic E-state index is 12.4. The minimum Gasteiger partial charge on any atom is -0.478 e. The summed E-state index contributed by atoms with van der Waals surface area (Å²) >= 11 is 0. The molecule has 1 heterocycles. The second-order valence-corrected chi connectivity index (χ2v) is 5.98. The average molecular weight is 290 g/mol. The first-order valence-electron chi connectivity index (χ1n) is 7.22. The summed E-state index contributed by atoms with van der Waals surface area (Å²) in [6.07, 6.45) is 1.05. The van der Waals surface area contributed by atoms with Crippen molar-refractivity contribution in [3.05, 3.63) is 35.4 Å². The lowest BCUT2D eigenvalue weighted by Gasteiger charge is -2.28. The number of carboxylic acids is 1. The van der Waals surface area contributed by atoms with Crippen molar-refractivity contribution in [3.63, 3.8) is 0 Å². The number of urea groups is 1. The van der Waals surface area contributed by atoms with E-state index in [1.54, 1.807) is 36.2 Å². The Kier molecular flexibility index (Phi) is 4.50. The molecule has 1 aromatic rings. The molecule has 0 aliphatic carbocycles. The molecular weight excluding hydrogens is 268 g/mol. The number of nitrogens with zero attached hydrogens (tertiary/aromatic N) is 2. The predicted molar refractivity (Wildman–Crippen MR) is 80.2 cm³/mol. The normalized spacial score (nSPS) is 21.4. The first-order chi connectivity index (χ1) is 9.88. The summed E-state index contributed by atoms with van der Waals surface area (Å²) in [4.78, 5) is 26.8. The van der Waals surface area contributed by atoms with Crippen molar-refractivity contribution < 1.29 is 14.7 Å². The molecule has 5 heteroatoms. The van der Waals surface area contributed by atoms with Crippen molar-refractivity contribution in [2.75, 3.05) is 13.6 Å². The third-order valence-electron chi connectivity index (χ3n) is 3.98.